The maximum atomic E-state index is 11.6. The number of aromatic amines is 1. The molecule has 1 heterocycles. The molecule has 1 aromatic heterocycles. The van der Waals surface area contributed by atoms with Crippen LogP contribution in [0.15, 0.2) is 30.3 Å². The van der Waals surface area contributed by atoms with E-state index in [1.807, 2.05) is 6.07 Å². The van der Waals surface area contributed by atoms with Gasteiger partial charge in [-0.05, 0) is 12.1 Å². The van der Waals surface area contributed by atoms with E-state index in [0.29, 0.717) is 11.4 Å². The highest BCUT2D eigenvalue weighted by atomic mass is 16.5. The Hall–Kier alpha value is -2.28. The predicted molar refractivity (Wildman–Crippen MR) is 57.8 cm³/mol. The SMILES string of the molecule is N[C@@H](COC(=O)c1ccccc1)c1nn[nH]n1. The van der Waals surface area contributed by atoms with Gasteiger partial charge in [0.1, 0.15) is 12.6 Å². The average molecular weight is 233 g/mol. The van der Waals surface area contributed by atoms with Crippen molar-refractivity contribution in [2.45, 2.75) is 6.04 Å². The number of H-pyrrole nitrogens is 1. The quantitative estimate of drug-likeness (QED) is 0.723. The minimum absolute atomic E-state index is 0.00720. The molecular weight excluding hydrogens is 222 g/mol. The smallest absolute Gasteiger partial charge is 0.338 e. The number of carbonyl (C=O) groups excluding carboxylic acids is 1. The Morgan fingerprint density at radius 1 is 1.41 bits per heavy atom. The molecule has 2 aromatic rings. The van der Waals surface area contributed by atoms with Crippen LogP contribution in [-0.2, 0) is 4.74 Å². The van der Waals surface area contributed by atoms with Gasteiger partial charge in [0.2, 0.25) is 0 Å². The molecule has 0 saturated carbocycles. The minimum atomic E-state index is -0.582. The standard InChI is InChI=1S/C10H11N5O2/c11-8(9-12-14-15-13-9)6-17-10(16)7-4-2-1-3-5-7/h1-5,8H,6,11H2,(H,12,13,14,15)/t8-/m0/s1. The highest BCUT2D eigenvalue weighted by molar-refractivity contribution is 5.89. The third-order valence-electron chi connectivity index (χ3n) is 2.10. The summed E-state index contributed by atoms with van der Waals surface area (Å²) in [5.41, 5.74) is 6.18. The number of aromatic nitrogens is 4. The highest BCUT2D eigenvalue weighted by Gasteiger charge is 2.14. The molecule has 0 aliphatic heterocycles. The maximum absolute atomic E-state index is 11.6. The van der Waals surface area contributed by atoms with Crippen molar-refractivity contribution in [2.75, 3.05) is 6.61 Å². The first-order chi connectivity index (χ1) is 8.27. The van der Waals surface area contributed by atoms with Crippen LogP contribution in [0.1, 0.15) is 22.2 Å². The van der Waals surface area contributed by atoms with E-state index < -0.39 is 12.0 Å². The number of hydrogen-bond donors (Lipinski definition) is 2. The van der Waals surface area contributed by atoms with Gasteiger partial charge < -0.3 is 10.5 Å². The molecule has 0 saturated heterocycles. The summed E-state index contributed by atoms with van der Waals surface area (Å²) < 4.78 is 5.03. The number of rotatable bonds is 4. The molecule has 0 bridgehead atoms. The first-order valence-electron chi connectivity index (χ1n) is 4.98. The lowest BCUT2D eigenvalue weighted by Crippen LogP contribution is -2.21. The Labute approximate surface area is 97.0 Å². The second-order valence-corrected chi connectivity index (χ2v) is 3.34. The van der Waals surface area contributed by atoms with Crippen LogP contribution in [0.2, 0.25) is 0 Å². The summed E-state index contributed by atoms with van der Waals surface area (Å²) in [4.78, 5) is 11.6. The fraction of sp³-hybridized carbons (Fsp3) is 0.200. The van der Waals surface area contributed by atoms with Crippen LogP contribution in [0.25, 0.3) is 0 Å². The molecule has 0 spiro atoms. The van der Waals surface area contributed by atoms with Crippen molar-refractivity contribution in [3.05, 3.63) is 41.7 Å². The lowest BCUT2D eigenvalue weighted by Gasteiger charge is -2.08. The molecule has 88 valence electrons. The number of nitrogens with zero attached hydrogens (tertiary/aromatic N) is 3. The summed E-state index contributed by atoms with van der Waals surface area (Å²) in [6.45, 7) is 0.00720. The van der Waals surface area contributed by atoms with E-state index in [4.69, 9.17) is 10.5 Å². The summed E-state index contributed by atoms with van der Waals surface area (Å²) in [6, 6.07) is 8.10. The molecule has 1 atom stereocenters. The first kappa shape index (κ1) is 11.2. The Morgan fingerprint density at radius 3 is 2.82 bits per heavy atom. The van der Waals surface area contributed by atoms with Gasteiger partial charge in [0.25, 0.3) is 0 Å². The number of nitrogens with two attached hydrogens (primary N) is 1. The van der Waals surface area contributed by atoms with E-state index in [9.17, 15) is 4.79 Å². The number of hydrogen-bond acceptors (Lipinski definition) is 6. The van der Waals surface area contributed by atoms with Crippen molar-refractivity contribution in [3.8, 4) is 0 Å². The van der Waals surface area contributed by atoms with E-state index in [1.165, 1.54) is 0 Å². The molecule has 7 heteroatoms. The zero-order chi connectivity index (χ0) is 12.1. The van der Waals surface area contributed by atoms with Crippen LogP contribution in [0.4, 0.5) is 0 Å². The molecule has 7 nitrogen and oxygen atoms in total. The van der Waals surface area contributed by atoms with Gasteiger partial charge >= 0.3 is 5.97 Å². The maximum Gasteiger partial charge on any atom is 0.338 e. The molecule has 0 amide bonds. The number of esters is 1. The number of ether oxygens (including phenoxy) is 1. The van der Waals surface area contributed by atoms with Gasteiger partial charge in [-0.3, -0.25) is 0 Å². The molecule has 0 fully saturated rings. The molecule has 0 aliphatic rings. The minimum Gasteiger partial charge on any atom is -0.460 e. The van der Waals surface area contributed by atoms with Crippen LogP contribution in [0, 0.1) is 0 Å². The summed E-state index contributed by atoms with van der Waals surface area (Å²) in [7, 11) is 0. The number of nitrogens with one attached hydrogen (secondary N) is 1. The third kappa shape index (κ3) is 2.85. The average Bonchev–Trinajstić information content (AvgIpc) is 2.90. The molecule has 0 unspecified atom stereocenters. The van der Waals surface area contributed by atoms with Crippen molar-refractivity contribution >= 4 is 5.97 Å². The zero-order valence-corrected chi connectivity index (χ0v) is 8.91. The summed E-state index contributed by atoms with van der Waals surface area (Å²) in [5, 5.41) is 13.1. The van der Waals surface area contributed by atoms with Crippen molar-refractivity contribution in [1.29, 1.82) is 0 Å². The second-order valence-electron chi connectivity index (χ2n) is 3.34. The normalized spacial score (nSPS) is 12.1. The van der Waals surface area contributed by atoms with Gasteiger partial charge in [0.05, 0.1) is 5.56 Å². The van der Waals surface area contributed by atoms with E-state index in [-0.39, 0.29) is 6.61 Å². The fourth-order valence-electron chi connectivity index (χ4n) is 1.22. The number of carbonyl (C=O) groups is 1. The van der Waals surface area contributed by atoms with Crippen LogP contribution in [0.3, 0.4) is 0 Å². The van der Waals surface area contributed by atoms with Crippen LogP contribution in [-0.4, -0.2) is 33.2 Å². The largest absolute Gasteiger partial charge is 0.460 e. The number of tetrazole rings is 1. The van der Waals surface area contributed by atoms with E-state index in [0.717, 1.165) is 0 Å². The Morgan fingerprint density at radius 2 is 2.18 bits per heavy atom. The topological polar surface area (TPSA) is 107 Å². The lowest BCUT2D eigenvalue weighted by atomic mass is 10.2. The Kier molecular flexibility index (Phi) is 3.41. The van der Waals surface area contributed by atoms with E-state index in [1.54, 1.807) is 24.3 Å². The molecule has 2 rings (SSSR count). The van der Waals surface area contributed by atoms with Crippen molar-refractivity contribution < 1.29 is 9.53 Å². The third-order valence-corrected chi connectivity index (χ3v) is 2.10. The summed E-state index contributed by atoms with van der Waals surface area (Å²) >= 11 is 0. The fourth-order valence-corrected chi connectivity index (χ4v) is 1.22. The first-order valence-corrected chi connectivity index (χ1v) is 4.98. The predicted octanol–water partition coefficient (Wildman–Crippen LogP) is 0.0565. The Balaban J connectivity index is 1.89. The monoisotopic (exact) mass is 233 g/mol. The molecule has 0 radical (unpaired) electrons. The molecule has 3 N–H and O–H groups in total. The molecule has 0 aliphatic carbocycles. The van der Waals surface area contributed by atoms with Gasteiger partial charge in [-0.15, -0.1) is 10.2 Å². The number of benzene rings is 1. The summed E-state index contributed by atoms with van der Waals surface area (Å²) in [5.74, 6) is -0.115. The van der Waals surface area contributed by atoms with Gasteiger partial charge in [-0.25, -0.2) is 4.79 Å². The van der Waals surface area contributed by atoms with Crippen LogP contribution in [0.5, 0.6) is 0 Å². The lowest BCUT2D eigenvalue weighted by molar-refractivity contribution is 0.0478. The van der Waals surface area contributed by atoms with Crippen molar-refractivity contribution in [3.63, 3.8) is 0 Å². The van der Waals surface area contributed by atoms with Crippen molar-refractivity contribution in [1.82, 2.24) is 20.6 Å². The molecule has 17 heavy (non-hydrogen) atoms. The highest BCUT2D eigenvalue weighted by Crippen LogP contribution is 2.05. The Bertz CT molecular complexity index is 471. The van der Waals surface area contributed by atoms with Crippen LogP contribution < -0.4 is 5.73 Å². The van der Waals surface area contributed by atoms with Gasteiger partial charge in [0, 0.05) is 0 Å². The zero-order valence-electron chi connectivity index (χ0n) is 8.91. The van der Waals surface area contributed by atoms with E-state index >= 15 is 0 Å². The molecular formula is C10H11N5O2. The second kappa shape index (κ2) is 5.17. The molecule has 1 aromatic carbocycles. The van der Waals surface area contributed by atoms with Crippen LogP contribution >= 0.6 is 0 Å². The summed E-state index contributed by atoms with van der Waals surface area (Å²) in [6.07, 6.45) is 0. The van der Waals surface area contributed by atoms with Gasteiger partial charge in [0.15, 0.2) is 5.82 Å². The van der Waals surface area contributed by atoms with E-state index in [2.05, 4.69) is 20.6 Å². The van der Waals surface area contributed by atoms with Gasteiger partial charge in [-0.1, -0.05) is 23.4 Å². The van der Waals surface area contributed by atoms with Gasteiger partial charge in [-0.2, -0.15) is 5.21 Å². The van der Waals surface area contributed by atoms with Crippen molar-refractivity contribution in [2.24, 2.45) is 5.73 Å².